The second-order valence-corrected chi connectivity index (χ2v) is 11.0. The molecule has 0 fully saturated rings. The summed E-state index contributed by atoms with van der Waals surface area (Å²) in [6, 6.07) is 26.6. The fourth-order valence-corrected chi connectivity index (χ4v) is 10.6. The van der Waals surface area contributed by atoms with E-state index in [0.717, 1.165) is 0 Å². The van der Waals surface area contributed by atoms with Gasteiger partial charge in [-0.25, -0.2) is 0 Å². The van der Waals surface area contributed by atoms with Crippen LogP contribution in [0.5, 0.6) is 0 Å². The van der Waals surface area contributed by atoms with Gasteiger partial charge in [-0.15, -0.1) is 0 Å². The average molecular weight is 517 g/mol. The van der Waals surface area contributed by atoms with E-state index in [1.165, 1.54) is 33.4 Å². The quantitative estimate of drug-likeness (QED) is 0.297. The molecular formula is C22H13Br3. The van der Waals surface area contributed by atoms with E-state index in [-0.39, 0.29) is 13.0 Å². The van der Waals surface area contributed by atoms with Gasteiger partial charge in [-0.05, 0) is 33.4 Å². The van der Waals surface area contributed by atoms with Crippen LogP contribution in [0.3, 0.4) is 0 Å². The first-order chi connectivity index (χ1) is 12.0. The molecule has 0 unspecified atom stereocenters. The molecule has 0 spiro atoms. The lowest BCUT2D eigenvalue weighted by Gasteiger charge is -2.34. The van der Waals surface area contributed by atoms with Crippen molar-refractivity contribution in [3.05, 3.63) is 106 Å². The first-order valence-corrected chi connectivity index (χ1v) is 10.8. The van der Waals surface area contributed by atoms with Crippen LogP contribution in [0.15, 0.2) is 72.8 Å². The molecule has 0 amide bonds. The molecule has 0 aliphatic heterocycles. The van der Waals surface area contributed by atoms with Gasteiger partial charge in [0, 0.05) is 5.92 Å². The fraction of sp³-hybridized carbons (Fsp3) is 0.182. The zero-order valence-electron chi connectivity index (χ0n) is 13.1. The van der Waals surface area contributed by atoms with Crippen LogP contribution in [0.25, 0.3) is 0 Å². The van der Waals surface area contributed by atoms with Gasteiger partial charge in [0.25, 0.3) is 0 Å². The highest BCUT2D eigenvalue weighted by Gasteiger charge is 2.75. The molecule has 6 rings (SSSR count). The minimum absolute atomic E-state index is 0.202. The van der Waals surface area contributed by atoms with E-state index in [1.807, 2.05) is 0 Å². The maximum absolute atomic E-state index is 4.26. The van der Waals surface area contributed by atoms with E-state index >= 15 is 0 Å². The molecule has 0 N–H and O–H groups in total. The third-order valence-electron chi connectivity index (χ3n) is 6.33. The van der Waals surface area contributed by atoms with Crippen molar-refractivity contribution in [3.8, 4) is 0 Å². The Morgan fingerprint density at radius 3 is 0.840 bits per heavy atom. The maximum Gasteiger partial charge on any atom is 0.0829 e. The van der Waals surface area contributed by atoms with Gasteiger partial charge in [-0.2, -0.15) is 0 Å². The third kappa shape index (κ3) is 1.39. The maximum atomic E-state index is 4.26. The van der Waals surface area contributed by atoms with Gasteiger partial charge in [0.15, 0.2) is 0 Å². The topological polar surface area (TPSA) is 0 Å². The van der Waals surface area contributed by atoms with Crippen molar-refractivity contribution in [2.45, 2.75) is 13.0 Å². The highest BCUT2D eigenvalue weighted by atomic mass is 79.9. The number of halogens is 3. The summed E-state index contributed by atoms with van der Waals surface area (Å²) in [5, 5.41) is 0. The van der Waals surface area contributed by atoms with Gasteiger partial charge in [-0.3, -0.25) is 0 Å². The molecule has 3 heteroatoms. The molecule has 3 aliphatic rings. The molecule has 122 valence electrons. The molecule has 0 atom stereocenters. The zero-order valence-corrected chi connectivity index (χ0v) is 17.9. The predicted octanol–water partition coefficient (Wildman–Crippen LogP) is 6.56. The molecule has 0 radical (unpaired) electrons. The normalized spacial score (nSPS) is 35.9. The second kappa shape index (κ2) is 4.49. The Morgan fingerprint density at radius 2 is 0.640 bits per heavy atom. The van der Waals surface area contributed by atoms with Crippen molar-refractivity contribution in [3.63, 3.8) is 0 Å². The van der Waals surface area contributed by atoms with Gasteiger partial charge < -0.3 is 0 Å². The van der Waals surface area contributed by atoms with Gasteiger partial charge in [0.05, 0.1) is 13.0 Å². The van der Waals surface area contributed by atoms with E-state index in [4.69, 9.17) is 0 Å². The summed E-state index contributed by atoms with van der Waals surface area (Å²) >= 11 is 12.8. The lowest BCUT2D eigenvalue weighted by Crippen LogP contribution is -2.35. The van der Waals surface area contributed by atoms with Crippen LogP contribution in [-0.4, -0.2) is 0 Å². The molecule has 3 aromatic rings. The Kier molecular flexibility index (Phi) is 2.73. The second-order valence-electron chi connectivity index (χ2n) is 7.21. The standard InChI is InChI=1S/C22H13Br3/c23-20-13-7-1-2-8-14(13)21(24)17-11-5-6-12-18(17)22(25,19(20)21)16-10-4-3-9-15(16)20/h1-12,19H. The largest absolute Gasteiger partial charge is 0.0829 e. The number of benzene rings is 3. The van der Waals surface area contributed by atoms with Crippen molar-refractivity contribution < 1.29 is 0 Å². The van der Waals surface area contributed by atoms with Crippen molar-refractivity contribution in [1.82, 2.24) is 0 Å². The van der Waals surface area contributed by atoms with Crippen LogP contribution in [0.4, 0.5) is 0 Å². The third-order valence-corrected chi connectivity index (χ3v) is 10.3. The minimum Gasteiger partial charge on any atom is -0.0744 e. The number of hydrogen-bond donors (Lipinski definition) is 0. The Hall–Kier alpha value is -0.900. The van der Waals surface area contributed by atoms with Crippen LogP contribution >= 0.6 is 47.8 Å². The average Bonchev–Trinajstić information content (AvgIpc) is 3.11. The van der Waals surface area contributed by atoms with Gasteiger partial charge in [0.2, 0.25) is 0 Å². The summed E-state index contributed by atoms with van der Waals surface area (Å²) in [5.74, 6) is 0.291. The van der Waals surface area contributed by atoms with E-state index in [9.17, 15) is 0 Å². The first-order valence-electron chi connectivity index (χ1n) is 8.42. The summed E-state index contributed by atoms with van der Waals surface area (Å²) in [6.07, 6.45) is 0. The Balaban J connectivity index is 1.88. The number of alkyl halides is 3. The van der Waals surface area contributed by atoms with E-state index in [1.54, 1.807) is 0 Å². The smallest absolute Gasteiger partial charge is 0.0744 e. The first kappa shape index (κ1) is 15.2. The number of hydrogen-bond acceptors (Lipinski definition) is 0. The van der Waals surface area contributed by atoms with Gasteiger partial charge in [-0.1, -0.05) is 121 Å². The molecule has 0 heterocycles. The number of fused-ring (bicyclic) bond motifs is 9. The molecular weight excluding hydrogens is 504 g/mol. The SMILES string of the molecule is BrC12c3ccccc3C3(Br)c4ccccc4C(Br)(c4ccccc41)C23. The van der Waals surface area contributed by atoms with Crippen LogP contribution in [-0.2, 0) is 13.0 Å². The predicted molar refractivity (Wildman–Crippen MR) is 112 cm³/mol. The summed E-state index contributed by atoms with van der Waals surface area (Å²) in [6.45, 7) is 0. The molecule has 0 aromatic heterocycles. The minimum atomic E-state index is -0.202. The number of rotatable bonds is 0. The Morgan fingerprint density at radius 1 is 0.440 bits per heavy atom. The summed E-state index contributed by atoms with van der Waals surface area (Å²) in [5.41, 5.74) is 8.25. The van der Waals surface area contributed by atoms with Gasteiger partial charge >= 0.3 is 0 Å². The Labute approximate surface area is 172 Å². The molecule has 0 saturated heterocycles. The molecule has 0 nitrogen and oxygen atoms in total. The molecule has 0 saturated carbocycles. The summed E-state index contributed by atoms with van der Waals surface area (Å²) < 4.78 is -0.607. The van der Waals surface area contributed by atoms with E-state index in [0.29, 0.717) is 5.92 Å². The van der Waals surface area contributed by atoms with Crippen LogP contribution in [0, 0.1) is 5.92 Å². The molecule has 25 heavy (non-hydrogen) atoms. The van der Waals surface area contributed by atoms with E-state index in [2.05, 4.69) is 121 Å². The zero-order chi connectivity index (χ0) is 17.0. The van der Waals surface area contributed by atoms with Crippen molar-refractivity contribution in [2.75, 3.05) is 0 Å². The molecule has 0 bridgehead atoms. The van der Waals surface area contributed by atoms with Crippen molar-refractivity contribution >= 4 is 47.8 Å². The van der Waals surface area contributed by atoms with Gasteiger partial charge in [0.1, 0.15) is 0 Å². The van der Waals surface area contributed by atoms with E-state index < -0.39 is 0 Å². The highest BCUT2D eigenvalue weighted by molar-refractivity contribution is 9.11. The van der Waals surface area contributed by atoms with Crippen LogP contribution < -0.4 is 0 Å². The highest BCUT2D eigenvalue weighted by Crippen LogP contribution is 2.80. The lowest BCUT2D eigenvalue weighted by atomic mass is 9.85. The summed E-state index contributed by atoms with van der Waals surface area (Å²) in [4.78, 5) is 0. The van der Waals surface area contributed by atoms with Crippen LogP contribution in [0.1, 0.15) is 33.4 Å². The molecule has 3 aromatic carbocycles. The lowest BCUT2D eigenvalue weighted by molar-refractivity contribution is 0.422. The fourth-order valence-electron chi connectivity index (χ4n) is 5.54. The van der Waals surface area contributed by atoms with Crippen LogP contribution in [0.2, 0.25) is 0 Å². The summed E-state index contributed by atoms with van der Waals surface area (Å²) in [7, 11) is 0. The monoisotopic (exact) mass is 514 g/mol. The van der Waals surface area contributed by atoms with Crippen molar-refractivity contribution in [2.24, 2.45) is 5.92 Å². The molecule has 3 aliphatic carbocycles. The Bertz CT molecular complexity index is 862. The van der Waals surface area contributed by atoms with Crippen molar-refractivity contribution in [1.29, 1.82) is 0 Å².